The van der Waals surface area contributed by atoms with Gasteiger partial charge >= 0.3 is 0 Å². The second-order valence-electron chi connectivity index (χ2n) is 4.13. The predicted molar refractivity (Wildman–Crippen MR) is 73.5 cm³/mol. The van der Waals surface area contributed by atoms with Crippen LogP contribution in [0.4, 0.5) is 5.69 Å². The summed E-state index contributed by atoms with van der Waals surface area (Å²) in [5.74, 6) is 0.553. The molecule has 0 saturated heterocycles. The Morgan fingerprint density at radius 1 is 1.15 bits per heavy atom. The van der Waals surface area contributed by atoms with Gasteiger partial charge in [-0.15, -0.1) is 0 Å². The van der Waals surface area contributed by atoms with Crippen molar-refractivity contribution in [2.75, 3.05) is 6.61 Å². The molecular weight excluding hydrogens is 256 g/mol. The summed E-state index contributed by atoms with van der Waals surface area (Å²) in [6.07, 6.45) is 0.623. The zero-order valence-corrected chi connectivity index (χ0v) is 10.7. The first kappa shape index (κ1) is 13.6. The molecule has 0 aliphatic rings. The Labute approximate surface area is 116 Å². The van der Waals surface area contributed by atoms with Gasteiger partial charge < -0.3 is 4.74 Å². The maximum absolute atomic E-state index is 10.5. The number of rotatable bonds is 5. The van der Waals surface area contributed by atoms with Crippen LogP contribution in [0.2, 0.25) is 0 Å². The maximum atomic E-state index is 10.5. The van der Waals surface area contributed by atoms with Gasteiger partial charge in [0.1, 0.15) is 11.8 Å². The standard InChI is InChI=1S/C15H12N2O3/c16-11-13-3-1-2-4-15(13)20-10-9-12-5-7-14(8-6-12)17(18)19/h1-8H,9-10H2. The van der Waals surface area contributed by atoms with E-state index >= 15 is 0 Å². The van der Waals surface area contributed by atoms with Crippen molar-refractivity contribution in [3.8, 4) is 11.8 Å². The lowest BCUT2D eigenvalue weighted by Gasteiger charge is -2.07. The van der Waals surface area contributed by atoms with Crippen molar-refractivity contribution in [3.05, 3.63) is 69.8 Å². The summed E-state index contributed by atoms with van der Waals surface area (Å²) < 4.78 is 5.55. The van der Waals surface area contributed by atoms with Gasteiger partial charge in [-0.3, -0.25) is 10.1 Å². The van der Waals surface area contributed by atoms with E-state index in [9.17, 15) is 10.1 Å². The number of nitrogens with zero attached hydrogens (tertiary/aromatic N) is 2. The third kappa shape index (κ3) is 3.33. The Kier molecular flexibility index (Phi) is 4.30. The molecule has 2 aromatic carbocycles. The topological polar surface area (TPSA) is 76.2 Å². The molecular formula is C15H12N2O3. The largest absolute Gasteiger partial charge is 0.492 e. The fourth-order valence-corrected chi connectivity index (χ4v) is 1.75. The number of nitriles is 1. The maximum Gasteiger partial charge on any atom is 0.269 e. The van der Waals surface area contributed by atoms with Crippen molar-refractivity contribution < 1.29 is 9.66 Å². The van der Waals surface area contributed by atoms with Crippen LogP contribution in [0, 0.1) is 21.4 Å². The molecule has 0 N–H and O–H groups in total. The first-order valence-electron chi connectivity index (χ1n) is 6.06. The molecule has 0 bridgehead atoms. The molecule has 0 atom stereocenters. The molecule has 0 radical (unpaired) electrons. The van der Waals surface area contributed by atoms with Gasteiger partial charge in [-0.1, -0.05) is 24.3 Å². The quantitative estimate of drug-likeness (QED) is 0.616. The summed E-state index contributed by atoms with van der Waals surface area (Å²) >= 11 is 0. The van der Waals surface area contributed by atoms with Gasteiger partial charge in [0.2, 0.25) is 0 Å². The van der Waals surface area contributed by atoms with E-state index in [4.69, 9.17) is 10.00 Å². The first-order chi connectivity index (χ1) is 9.70. The number of non-ortho nitro benzene ring substituents is 1. The molecule has 0 aromatic heterocycles. The number of nitro benzene ring substituents is 1. The van der Waals surface area contributed by atoms with Crippen molar-refractivity contribution in [2.24, 2.45) is 0 Å². The Morgan fingerprint density at radius 3 is 2.50 bits per heavy atom. The van der Waals surface area contributed by atoms with Crippen LogP contribution >= 0.6 is 0 Å². The van der Waals surface area contributed by atoms with Crippen molar-refractivity contribution in [1.82, 2.24) is 0 Å². The molecule has 0 fully saturated rings. The van der Waals surface area contributed by atoms with Crippen LogP contribution in [0.3, 0.4) is 0 Å². The van der Waals surface area contributed by atoms with Crippen molar-refractivity contribution in [1.29, 1.82) is 5.26 Å². The van der Waals surface area contributed by atoms with Gasteiger partial charge in [0.15, 0.2) is 0 Å². The van der Waals surface area contributed by atoms with Crippen molar-refractivity contribution in [3.63, 3.8) is 0 Å². The van der Waals surface area contributed by atoms with E-state index in [0.29, 0.717) is 24.3 Å². The minimum absolute atomic E-state index is 0.0736. The molecule has 100 valence electrons. The molecule has 0 unspecified atom stereocenters. The molecule has 20 heavy (non-hydrogen) atoms. The van der Waals surface area contributed by atoms with Crippen molar-refractivity contribution in [2.45, 2.75) is 6.42 Å². The van der Waals surface area contributed by atoms with Crippen LogP contribution in [0.1, 0.15) is 11.1 Å². The second-order valence-corrected chi connectivity index (χ2v) is 4.13. The number of nitro groups is 1. The molecule has 0 amide bonds. The van der Waals surface area contributed by atoms with Crippen LogP contribution in [-0.2, 0) is 6.42 Å². The second kappa shape index (κ2) is 6.34. The normalized spacial score (nSPS) is 9.75. The third-order valence-corrected chi connectivity index (χ3v) is 2.80. The highest BCUT2D eigenvalue weighted by molar-refractivity contribution is 5.42. The average molecular weight is 268 g/mol. The zero-order chi connectivity index (χ0) is 14.4. The van der Waals surface area contributed by atoms with E-state index in [1.807, 2.05) is 6.07 Å². The molecule has 5 nitrogen and oxygen atoms in total. The van der Waals surface area contributed by atoms with E-state index in [0.717, 1.165) is 5.56 Å². The lowest BCUT2D eigenvalue weighted by molar-refractivity contribution is -0.384. The summed E-state index contributed by atoms with van der Waals surface area (Å²) in [6, 6.07) is 15.4. The molecule has 0 heterocycles. The van der Waals surface area contributed by atoms with Gasteiger partial charge in [0.05, 0.1) is 17.1 Å². The van der Waals surface area contributed by atoms with E-state index < -0.39 is 4.92 Å². The molecule has 5 heteroatoms. The van der Waals surface area contributed by atoms with Gasteiger partial charge in [-0.2, -0.15) is 5.26 Å². The molecule has 0 aliphatic carbocycles. The highest BCUT2D eigenvalue weighted by atomic mass is 16.6. The van der Waals surface area contributed by atoms with E-state index in [1.165, 1.54) is 12.1 Å². The summed E-state index contributed by atoms with van der Waals surface area (Å²) in [5, 5.41) is 19.5. The Bertz CT molecular complexity index is 645. The smallest absolute Gasteiger partial charge is 0.269 e. The molecule has 2 aromatic rings. The molecule has 0 aliphatic heterocycles. The van der Waals surface area contributed by atoms with E-state index in [-0.39, 0.29) is 5.69 Å². The monoisotopic (exact) mass is 268 g/mol. The van der Waals surface area contributed by atoms with Crippen LogP contribution in [0.15, 0.2) is 48.5 Å². The summed E-state index contributed by atoms with van der Waals surface area (Å²) in [5.41, 5.74) is 1.52. The van der Waals surface area contributed by atoms with Gasteiger partial charge in [0.25, 0.3) is 5.69 Å². The van der Waals surface area contributed by atoms with Gasteiger partial charge in [0, 0.05) is 18.6 Å². The SMILES string of the molecule is N#Cc1ccccc1OCCc1ccc([N+](=O)[O-])cc1. The number of hydrogen-bond donors (Lipinski definition) is 0. The lowest BCUT2D eigenvalue weighted by atomic mass is 10.1. The number of para-hydroxylation sites is 1. The third-order valence-electron chi connectivity index (χ3n) is 2.80. The average Bonchev–Trinajstić information content (AvgIpc) is 2.48. The number of ether oxygens (including phenoxy) is 1. The minimum Gasteiger partial charge on any atom is -0.492 e. The highest BCUT2D eigenvalue weighted by Gasteiger charge is 2.05. The minimum atomic E-state index is -0.427. The van der Waals surface area contributed by atoms with Gasteiger partial charge in [-0.25, -0.2) is 0 Å². The van der Waals surface area contributed by atoms with E-state index in [2.05, 4.69) is 6.07 Å². The Hall–Kier alpha value is -2.87. The summed E-state index contributed by atoms with van der Waals surface area (Å²) in [7, 11) is 0. The zero-order valence-electron chi connectivity index (χ0n) is 10.7. The highest BCUT2D eigenvalue weighted by Crippen LogP contribution is 2.17. The fraction of sp³-hybridized carbons (Fsp3) is 0.133. The Balaban J connectivity index is 1.93. The van der Waals surface area contributed by atoms with E-state index in [1.54, 1.807) is 30.3 Å². The molecule has 0 saturated carbocycles. The van der Waals surface area contributed by atoms with Crippen LogP contribution in [-0.4, -0.2) is 11.5 Å². The summed E-state index contributed by atoms with van der Waals surface area (Å²) in [6.45, 7) is 0.413. The predicted octanol–water partition coefficient (Wildman–Crippen LogP) is 3.09. The van der Waals surface area contributed by atoms with Crippen LogP contribution in [0.25, 0.3) is 0 Å². The fourth-order valence-electron chi connectivity index (χ4n) is 1.75. The van der Waals surface area contributed by atoms with Crippen LogP contribution < -0.4 is 4.74 Å². The first-order valence-corrected chi connectivity index (χ1v) is 6.06. The number of benzene rings is 2. The molecule has 2 rings (SSSR count). The summed E-state index contributed by atoms with van der Waals surface area (Å²) in [4.78, 5) is 10.1. The van der Waals surface area contributed by atoms with Crippen LogP contribution in [0.5, 0.6) is 5.75 Å². The van der Waals surface area contributed by atoms with Crippen molar-refractivity contribution >= 4 is 5.69 Å². The van der Waals surface area contributed by atoms with Gasteiger partial charge in [-0.05, 0) is 17.7 Å². The molecule has 0 spiro atoms. The number of hydrogen-bond acceptors (Lipinski definition) is 4. The Morgan fingerprint density at radius 2 is 1.85 bits per heavy atom. The lowest BCUT2D eigenvalue weighted by Crippen LogP contribution is -2.02.